The predicted octanol–water partition coefficient (Wildman–Crippen LogP) is 4.24. The van der Waals surface area contributed by atoms with Crippen molar-refractivity contribution in [2.24, 2.45) is 11.8 Å². The molecular weight excluding hydrogens is 246 g/mol. The zero-order chi connectivity index (χ0) is 15.0. The molecule has 0 amide bonds. The van der Waals surface area contributed by atoms with Crippen LogP contribution in [-0.4, -0.2) is 23.1 Å². The van der Waals surface area contributed by atoms with E-state index in [9.17, 15) is 0 Å². The van der Waals surface area contributed by atoms with Crippen LogP contribution in [0, 0.1) is 18.8 Å². The number of aromatic nitrogens is 2. The fourth-order valence-electron chi connectivity index (χ4n) is 2.69. The van der Waals surface area contributed by atoms with E-state index >= 15 is 0 Å². The van der Waals surface area contributed by atoms with Crippen molar-refractivity contribution in [3.05, 3.63) is 30.6 Å². The van der Waals surface area contributed by atoms with Crippen molar-refractivity contribution < 1.29 is 0 Å². The molecule has 1 aliphatic rings. The number of hydrogen-bond acceptors (Lipinski definition) is 3. The van der Waals surface area contributed by atoms with Gasteiger partial charge in [0.15, 0.2) is 0 Å². The van der Waals surface area contributed by atoms with Crippen molar-refractivity contribution in [3.63, 3.8) is 0 Å². The Morgan fingerprint density at radius 1 is 1.45 bits per heavy atom. The molecule has 0 radical (unpaired) electrons. The van der Waals surface area contributed by atoms with Gasteiger partial charge in [-0.3, -0.25) is 0 Å². The van der Waals surface area contributed by atoms with Crippen LogP contribution in [0.25, 0.3) is 0 Å². The van der Waals surface area contributed by atoms with Gasteiger partial charge < -0.3 is 4.90 Å². The summed E-state index contributed by atoms with van der Waals surface area (Å²) < 4.78 is 0. The molecule has 1 unspecified atom stereocenters. The molecule has 3 nitrogen and oxygen atoms in total. The molecule has 0 N–H and O–H groups in total. The Balaban J connectivity index is 0.000000956. The van der Waals surface area contributed by atoms with Crippen LogP contribution in [0.3, 0.4) is 0 Å². The summed E-state index contributed by atoms with van der Waals surface area (Å²) >= 11 is 0. The molecule has 20 heavy (non-hydrogen) atoms. The van der Waals surface area contributed by atoms with Gasteiger partial charge in [0.2, 0.25) is 5.95 Å². The quantitative estimate of drug-likeness (QED) is 0.727. The minimum absolute atomic E-state index is 0.784. The predicted molar refractivity (Wildman–Crippen MR) is 87.0 cm³/mol. The highest BCUT2D eigenvalue weighted by atomic mass is 15.3. The second-order valence-electron chi connectivity index (χ2n) is 5.24. The van der Waals surface area contributed by atoms with Gasteiger partial charge in [-0.2, -0.15) is 0 Å². The smallest absolute Gasteiger partial charge is 0.225 e. The number of nitrogens with zero attached hydrogens (tertiary/aromatic N) is 3. The maximum absolute atomic E-state index is 4.48. The Hall–Kier alpha value is -1.38. The van der Waals surface area contributed by atoms with Crippen LogP contribution in [0.4, 0.5) is 5.95 Å². The van der Waals surface area contributed by atoms with Crippen LogP contribution in [0.5, 0.6) is 0 Å². The van der Waals surface area contributed by atoms with Gasteiger partial charge in [0, 0.05) is 25.0 Å². The first-order chi connectivity index (χ1) is 9.74. The summed E-state index contributed by atoms with van der Waals surface area (Å²) in [6.07, 6.45) is 7.61. The SMILES string of the molecule is C=CCC(CCC)C1CN(c2nccc(C)n2)C1.CC. The Labute approximate surface area is 124 Å². The first kappa shape index (κ1) is 16.7. The molecule has 112 valence electrons. The molecule has 0 saturated carbocycles. The standard InChI is InChI=1S/C15H23N3.C2H6/c1-4-6-13(7-5-2)14-10-18(11-14)15-16-9-8-12(3)17-15;1-2/h4,8-9,13-14H,1,5-7,10-11H2,2-3H3;1-2H3. The zero-order valence-electron chi connectivity index (χ0n) is 13.5. The van der Waals surface area contributed by atoms with Crippen LogP contribution in [-0.2, 0) is 0 Å². The highest BCUT2D eigenvalue weighted by Crippen LogP contribution is 2.31. The molecule has 1 aromatic rings. The molecule has 0 spiro atoms. The lowest BCUT2D eigenvalue weighted by molar-refractivity contribution is 0.255. The lowest BCUT2D eigenvalue weighted by Crippen LogP contribution is -2.50. The Morgan fingerprint density at radius 3 is 2.70 bits per heavy atom. The van der Waals surface area contributed by atoms with Crippen LogP contribution in [0.1, 0.15) is 45.7 Å². The largest absolute Gasteiger partial charge is 0.340 e. The summed E-state index contributed by atoms with van der Waals surface area (Å²) in [5.74, 6) is 2.46. The average Bonchev–Trinajstić information content (AvgIpc) is 2.40. The van der Waals surface area contributed by atoms with Crippen molar-refractivity contribution in [1.29, 1.82) is 0 Å². The first-order valence-electron chi connectivity index (χ1n) is 7.90. The van der Waals surface area contributed by atoms with Gasteiger partial charge in [-0.15, -0.1) is 6.58 Å². The van der Waals surface area contributed by atoms with Crippen molar-refractivity contribution in [2.45, 2.75) is 47.0 Å². The third-order valence-electron chi connectivity index (χ3n) is 3.77. The molecule has 3 heteroatoms. The van der Waals surface area contributed by atoms with Crippen LogP contribution >= 0.6 is 0 Å². The minimum Gasteiger partial charge on any atom is -0.340 e. The van der Waals surface area contributed by atoms with E-state index in [4.69, 9.17) is 0 Å². The second kappa shape index (κ2) is 8.72. The molecule has 1 atom stereocenters. The van der Waals surface area contributed by atoms with Crippen LogP contribution < -0.4 is 4.90 Å². The molecule has 1 aromatic heterocycles. The monoisotopic (exact) mass is 275 g/mol. The minimum atomic E-state index is 0.784. The Morgan fingerprint density at radius 2 is 2.15 bits per heavy atom. The summed E-state index contributed by atoms with van der Waals surface area (Å²) in [7, 11) is 0. The molecule has 1 saturated heterocycles. The molecule has 2 heterocycles. The van der Waals surface area contributed by atoms with Gasteiger partial charge in [-0.25, -0.2) is 9.97 Å². The van der Waals surface area contributed by atoms with E-state index in [2.05, 4.69) is 34.4 Å². The number of rotatable bonds is 6. The average molecular weight is 275 g/mol. The van der Waals surface area contributed by atoms with Gasteiger partial charge in [0.25, 0.3) is 0 Å². The summed E-state index contributed by atoms with van der Waals surface area (Å²) in [6.45, 7) is 14.3. The van der Waals surface area contributed by atoms with E-state index in [0.29, 0.717) is 0 Å². The Kier molecular flexibility index (Phi) is 7.27. The fourth-order valence-corrected chi connectivity index (χ4v) is 2.69. The maximum atomic E-state index is 4.48. The number of anilines is 1. The van der Waals surface area contributed by atoms with E-state index in [1.165, 1.54) is 12.8 Å². The van der Waals surface area contributed by atoms with Gasteiger partial charge in [-0.05, 0) is 31.2 Å². The number of hydrogen-bond donors (Lipinski definition) is 0. The molecule has 1 aliphatic heterocycles. The summed E-state index contributed by atoms with van der Waals surface area (Å²) in [5, 5.41) is 0. The lowest BCUT2D eigenvalue weighted by atomic mass is 9.81. The number of aryl methyl sites for hydroxylation is 1. The van der Waals surface area contributed by atoms with Gasteiger partial charge >= 0.3 is 0 Å². The summed E-state index contributed by atoms with van der Waals surface area (Å²) in [4.78, 5) is 11.1. The molecular formula is C17H29N3. The van der Waals surface area contributed by atoms with E-state index in [-0.39, 0.29) is 0 Å². The lowest BCUT2D eigenvalue weighted by Gasteiger charge is -2.43. The molecule has 1 fully saturated rings. The highest BCUT2D eigenvalue weighted by molar-refractivity contribution is 5.34. The molecule has 0 bridgehead atoms. The third-order valence-corrected chi connectivity index (χ3v) is 3.77. The van der Waals surface area contributed by atoms with Crippen molar-refractivity contribution >= 4 is 5.95 Å². The molecule has 0 aromatic carbocycles. The van der Waals surface area contributed by atoms with E-state index < -0.39 is 0 Å². The molecule has 2 rings (SSSR count). The van der Waals surface area contributed by atoms with Crippen LogP contribution in [0.15, 0.2) is 24.9 Å². The van der Waals surface area contributed by atoms with E-state index in [0.717, 1.165) is 43.0 Å². The van der Waals surface area contributed by atoms with Gasteiger partial charge in [0.1, 0.15) is 0 Å². The van der Waals surface area contributed by atoms with Crippen molar-refractivity contribution in [1.82, 2.24) is 9.97 Å². The topological polar surface area (TPSA) is 29.0 Å². The van der Waals surface area contributed by atoms with Crippen LogP contribution in [0.2, 0.25) is 0 Å². The van der Waals surface area contributed by atoms with E-state index in [1.54, 1.807) is 0 Å². The summed E-state index contributed by atoms with van der Waals surface area (Å²) in [6, 6.07) is 1.94. The fraction of sp³-hybridized carbons (Fsp3) is 0.647. The van der Waals surface area contributed by atoms with Gasteiger partial charge in [0.05, 0.1) is 0 Å². The van der Waals surface area contributed by atoms with E-state index in [1.807, 2.05) is 33.0 Å². The zero-order valence-corrected chi connectivity index (χ0v) is 13.5. The highest BCUT2D eigenvalue weighted by Gasteiger charge is 2.33. The maximum Gasteiger partial charge on any atom is 0.225 e. The van der Waals surface area contributed by atoms with Crippen molar-refractivity contribution in [2.75, 3.05) is 18.0 Å². The van der Waals surface area contributed by atoms with Gasteiger partial charge in [-0.1, -0.05) is 39.7 Å². The number of allylic oxidation sites excluding steroid dienone is 1. The third kappa shape index (κ3) is 4.32. The normalized spacial score (nSPS) is 15.9. The Bertz CT molecular complexity index is 397. The first-order valence-corrected chi connectivity index (χ1v) is 7.90. The molecule has 0 aliphatic carbocycles. The van der Waals surface area contributed by atoms with Crippen molar-refractivity contribution in [3.8, 4) is 0 Å². The second-order valence-corrected chi connectivity index (χ2v) is 5.24. The summed E-state index contributed by atoms with van der Waals surface area (Å²) in [5.41, 5.74) is 1.04.